The highest BCUT2D eigenvalue weighted by atomic mass is 35.5. The second kappa shape index (κ2) is 7.08. The number of carbonyl (C=O) groups excluding carboxylic acids is 1. The monoisotopic (exact) mass is 418 g/mol. The molecule has 1 saturated heterocycles. The number of esters is 1. The van der Waals surface area contributed by atoms with E-state index in [1.54, 1.807) is 13.8 Å². The molecular weight excluding hydrogens is 399 g/mol. The topological polar surface area (TPSA) is 153 Å². The quantitative estimate of drug-likeness (QED) is 0.488. The van der Waals surface area contributed by atoms with Crippen LogP contribution in [0.25, 0.3) is 11.0 Å². The molecule has 0 amide bonds. The molecule has 3 rings (SSSR count). The van der Waals surface area contributed by atoms with Crippen molar-refractivity contribution in [1.82, 2.24) is 14.5 Å². The molecule has 0 bridgehead atoms. The van der Waals surface area contributed by atoms with Crippen molar-refractivity contribution in [3.8, 4) is 0 Å². The fraction of sp³-hybridized carbons (Fsp3) is 0.562. The molecule has 28 heavy (non-hydrogen) atoms. The highest BCUT2D eigenvalue weighted by molar-refractivity contribution is 6.36. The molecule has 154 valence electrons. The maximum absolute atomic E-state index is 15.3. The van der Waals surface area contributed by atoms with Crippen LogP contribution in [0.2, 0.25) is 5.02 Å². The Bertz CT molecular complexity index is 911. The van der Waals surface area contributed by atoms with E-state index < -0.39 is 48.9 Å². The average Bonchev–Trinajstić information content (AvgIpc) is 3.09. The number of nitrogen functional groups attached to an aromatic ring is 1. The second-order valence-corrected chi connectivity index (χ2v) is 7.26. The van der Waals surface area contributed by atoms with Gasteiger partial charge in [-0.1, -0.05) is 25.4 Å². The van der Waals surface area contributed by atoms with Crippen molar-refractivity contribution in [2.45, 2.75) is 37.6 Å². The van der Waals surface area contributed by atoms with Crippen molar-refractivity contribution >= 4 is 34.4 Å². The van der Waals surface area contributed by atoms with Gasteiger partial charge in [0.25, 0.3) is 5.85 Å². The van der Waals surface area contributed by atoms with Gasteiger partial charge in [-0.3, -0.25) is 9.36 Å². The first kappa shape index (κ1) is 20.7. The molecule has 0 aliphatic carbocycles. The molecule has 0 radical (unpaired) electrons. The highest BCUT2D eigenvalue weighted by Crippen LogP contribution is 2.45. The third-order valence-corrected chi connectivity index (χ3v) is 4.92. The number of nitrogens with two attached hydrogens (primary N) is 1. The van der Waals surface area contributed by atoms with Crippen LogP contribution in [0.15, 0.2) is 12.5 Å². The van der Waals surface area contributed by atoms with Crippen molar-refractivity contribution in [2.75, 3.05) is 18.9 Å². The first-order chi connectivity index (χ1) is 13.1. The van der Waals surface area contributed by atoms with Crippen LogP contribution in [0.5, 0.6) is 0 Å². The zero-order valence-electron chi connectivity index (χ0n) is 15.0. The third kappa shape index (κ3) is 2.99. The smallest absolute Gasteiger partial charge is 0.308 e. The number of anilines is 1. The molecular formula is C16H20ClFN4O6. The summed E-state index contributed by atoms with van der Waals surface area (Å²) < 4.78 is 26.5. The van der Waals surface area contributed by atoms with Crippen LogP contribution in [-0.4, -0.2) is 67.1 Å². The summed E-state index contributed by atoms with van der Waals surface area (Å²) in [7, 11) is 0. The van der Waals surface area contributed by atoms with E-state index in [-0.39, 0.29) is 21.9 Å². The van der Waals surface area contributed by atoms with Crippen molar-refractivity contribution in [2.24, 2.45) is 5.92 Å². The molecule has 1 aliphatic heterocycles. The second-order valence-electron chi connectivity index (χ2n) is 6.85. The van der Waals surface area contributed by atoms with Crippen LogP contribution in [0, 0.1) is 5.92 Å². The standard InChI is InChI=1S/C16H20ClFN4O6/c1-7(2)14(26)27-5-15(18)10(24)11(25)16(4-23,28-15)22-3-8(17)9-12(19)20-6-21-13(9)22/h3,6-7,10-11,23-25H,4-5H2,1-2H3,(H2,19,20,21)/t10-,11+,15+,16+/m0/s1. The summed E-state index contributed by atoms with van der Waals surface area (Å²) in [6.07, 6.45) is -1.77. The minimum Gasteiger partial charge on any atom is -0.459 e. The van der Waals surface area contributed by atoms with Gasteiger partial charge in [-0.05, 0) is 0 Å². The molecule has 1 aliphatic rings. The SMILES string of the molecule is CC(C)C(=O)OC[C@@]1(F)O[C@@](CO)(n2cc(Cl)c3c(N)ncnc32)[C@H](O)[C@@H]1O. The lowest BCUT2D eigenvalue weighted by molar-refractivity contribution is -0.257. The summed E-state index contributed by atoms with van der Waals surface area (Å²) >= 11 is 6.15. The number of aliphatic hydroxyl groups excluding tert-OH is 3. The van der Waals surface area contributed by atoms with Gasteiger partial charge in [0.15, 0.2) is 6.61 Å². The van der Waals surface area contributed by atoms with E-state index in [2.05, 4.69) is 9.97 Å². The van der Waals surface area contributed by atoms with Crippen LogP contribution in [0.3, 0.4) is 0 Å². The number of halogens is 2. The number of rotatable bonds is 5. The van der Waals surface area contributed by atoms with Gasteiger partial charge in [-0.15, -0.1) is 0 Å². The molecule has 1 fully saturated rings. The number of carbonyl (C=O) groups is 1. The number of nitrogens with zero attached hydrogens (tertiary/aromatic N) is 3. The molecule has 0 aromatic carbocycles. The highest BCUT2D eigenvalue weighted by Gasteiger charge is 2.65. The van der Waals surface area contributed by atoms with Gasteiger partial charge in [-0.25, -0.2) is 14.4 Å². The molecule has 0 saturated carbocycles. The van der Waals surface area contributed by atoms with E-state index in [1.807, 2.05) is 0 Å². The summed E-state index contributed by atoms with van der Waals surface area (Å²) in [6.45, 7) is 1.14. The van der Waals surface area contributed by atoms with Gasteiger partial charge >= 0.3 is 5.97 Å². The van der Waals surface area contributed by atoms with Crippen LogP contribution in [0.1, 0.15) is 13.8 Å². The number of aliphatic hydroxyl groups is 3. The summed E-state index contributed by atoms with van der Waals surface area (Å²) in [5, 5.41) is 31.1. The number of ether oxygens (including phenoxy) is 2. The molecule has 0 spiro atoms. The molecule has 0 unspecified atom stereocenters. The Morgan fingerprint density at radius 1 is 1.46 bits per heavy atom. The summed E-state index contributed by atoms with van der Waals surface area (Å²) in [5.74, 6) is -4.23. The normalized spacial score (nSPS) is 30.3. The maximum Gasteiger partial charge on any atom is 0.308 e. The lowest BCUT2D eigenvalue weighted by atomic mass is 10.0. The maximum atomic E-state index is 15.3. The summed E-state index contributed by atoms with van der Waals surface area (Å²) in [4.78, 5) is 19.5. The Morgan fingerprint density at radius 2 is 2.14 bits per heavy atom. The molecule has 10 nitrogen and oxygen atoms in total. The van der Waals surface area contributed by atoms with E-state index in [4.69, 9.17) is 26.8 Å². The van der Waals surface area contributed by atoms with Gasteiger partial charge in [0.1, 0.15) is 30.0 Å². The summed E-state index contributed by atoms with van der Waals surface area (Å²) in [6, 6.07) is 0. The Morgan fingerprint density at radius 3 is 2.75 bits per heavy atom. The van der Waals surface area contributed by atoms with Gasteiger partial charge in [0.2, 0.25) is 5.72 Å². The lowest BCUT2D eigenvalue weighted by Crippen LogP contribution is -2.48. The number of hydrogen-bond donors (Lipinski definition) is 4. The molecule has 3 heterocycles. The summed E-state index contributed by atoms with van der Waals surface area (Å²) in [5.41, 5.74) is 3.62. The van der Waals surface area contributed by atoms with E-state index in [0.717, 1.165) is 10.9 Å². The average molecular weight is 419 g/mol. The van der Waals surface area contributed by atoms with Crippen molar-refractivity contribution in [1.29, 1.82) is 0 Å². The number of aromatic nitrogens is 3. The zero-order chi connectivity index (χ0) is 20.9. The van der Waals surface area contributed by atoms with E-state index in [1.165, 1.54) is 6.20 Å². The fourth-order valence-corrected chi connectivity index (χ4v) is 3.35. The minimum absolute atomic E-state index is 0.0206. The predicted molar refractivity (Wildman–Crippen MR) is 94.7 cm³/mol. The number of fused-ring (bicyclic) bond motifs is 1. The van der Waals surface area contributed by atoms with Crippen LogP contribution in [-0.2, 0) is 20.0 Å². The van der Waals surface area contributed by atoms with Crippen LogP contribution >= 0.6 is 11.6 Å². The third-order valence-electron chi connectivity index (χ3n) is 4.63. The van der Waals surface area contributed by atoms with E-state index in [9.17, 15) is 20.1 Å². The van der Waals surface area contributed by atoms with Gasteiger partial charge in [-0.2, -0.15) is 0 Å². The Kier molecular flexibility index (Phi) is 5.23. The lowest BCUT2D eigenvalue weighted by Gasteiger charge is -2.32. The first-order valence-corrected chi connectivity index (χ1v) is 8.75. The van der Waals surface area contributed by atoms with Crippen molar-refractivity contribution in [3.05, 3.63) is 17.5 Å². The van der Waals surface area contributed by atoms with Crippen molar-refractivity contribution < 1.29 is 34.0 Å². The molecule has 12 heteroatoms. The van der Waals surface area contributed by atoms with E-state index in [0.29, 0.717) is 0 Å². The Labute approximate surface area is 163 Å². The van der Waals surface area contributed by atoms with Crippen LogP contribution in [0.4, 0.5) is 10.2 Å². The minimum atomic E-state index is -2.99. The number of hydrogen-bond acceptors (Lipinski definition) is 9. The molecule has 4 atom stereocenters. The van der Waals surface area contributed by atoms with Crippen molar-refractivity contribution in [3.63, 3.8) is 0 Å². The van der Waals surface area contributed by atoms with Crippen LogP contribution < -0.4 is 5.73 Å². The van der Waals surface area contributed by atoms with Gasteiger partial charge in [0.05, 0.1) is 22.9 Å². The fourth-order valence-electron chi connectivity index (χ4n) is 3.07. The Balaban J connectivity index is 2.05. The molecule has 5 N–H and O–H groups in total. The zero-order valence-corrected chi connectivity index (χ0v) is 15.8. The predicted octanol–water partition coefficient (Wildman–Crippen LogP) is -0.0710. The largest absolute Gasteiger partial charge is 0.459 e. The van der Waals surface area contributed by atoms with E-state index >= 15 is 4.39 Å². The van der Waals surface area contributed by atoms with Gasteiger partial charge < -0.3 is 30.5 Å². The van der Waals surface area contributed by atoms with Gasteiger partial charge in [0, 0.05) is 6.20 Å². The Hall–Kier alpha value is -2.05. The number of alkyl halides is 1. The molecule has 2 aromatic rings. The first-order valence-electron chi connectivity index (χ1n) is 8.37. The molecule has 2 aromatic heterocycles.